The summed E-state index contributed by atoms with van der Waals surface area (Å²) >= 11 is 0. The van der Waals surface area contributed by atoms with E-state index >= 15 is 0 Å². The van der Waals surface area contributed by atoms with Crippen LogP contribution < -0.4 is 0 Å². The number of rotatable bonds is 6. The van der Waals surface area contributed by atoms with Crippen LogP contribution in [0, 0.1) is 0 Å². The number of hydrogen-bond acceptors (Lipinski definition) is 5. The summed E-state index contributed by atoms with van der Waals surface area (Å²) in [6, 6.07) is -0.297. The molecule has 1 N–H and O–H groups in total. The highest BCUT2D eigenvalue weighted by atomic mass is 32.2. The van der Waals surface area contributed by atoms with Crippen molar-refractivity contribution in [3.8, 4) is 0 Å². The minimum absolute atomic E-state index is 0.209. The fourth-order valence-corrected chi connectivity index (χ4v) is 3.85. The van der Waals surface area contributed by atoms with Crippen LogP contribution in [0.25, 0.3) is 0 Å². The van der Waals surface area contributed by atoms with Crippen molar-refractivity contribution in [2.24, 2.45) is 0 Å². The van der Waals surface area contributed by atoms with Crippen molar-refractivity contribution in [3.63, 3.8) is 0 Å². The van der Waals surface area contributed by atoms with Gasteiger partial charge in [0, 0.05) is 30.8 Å². The lowest BCUT2D eigenvalue weighted by Crippen LogP contribution is -2.63. The molecule has 8 nitrogen and oxygen atoms in total. The van der Waals surface area contributed by atoms with E-state index < -0.39 is 32.9 Å². The summed E-state index contributed by atoms with van der Waals surface area (Å²) < 4.78 is 36.0. The van der Waals surface area contributed by atoms with Gasteiger partial charge in [-0.15, -0.1) is 10.3 Å². The van der Waals surface area contributed by atoms with Crippen LogP contribution in [0.2, 0.25) is 0 Å². The lowest BCUT2D eigenvalue weighted by Gasteiger charge is -2.52. The van der Waals surface area contributed by atoms with Gasteiger partial charge in [-0.1, -0.05) is 0 Å². The third kappa shape index (κ3) is 5.39. The van der Waals surface area contributed by atoms with E-state index in [1.807, 2.05) is 0 Å². The van der Waals surface area contributed by atoms with Crippen molar-refractivity contribution in [1.82, 2.24) is 9.96 Å². The number of hydroxylamine groups is 2. The maximum absolute atomic E-state index is 12.4. The molecule has 1 aliphatic heterocycles. The number of methoxy groups -OCH3 is 1. The number of ether oxygens (including phenoxy) is 1. The minimum Gasteiger partial charge on any atom is -0.383 e. The minimum atomic E-state index is -4.40. The van der Waals surface area contributed by atoms with Crippen LogP contribution in [-0.4, -0.2) is 72.0 Å². The van der Waals surface area contributed by atoms with E-state index in [4.69, 9.17) is 9.29 Å². The number of nitrogens with zero attached hydrogens (tertiary/aromatic N) is 2. The Morgan fingerprint density at radius 3 is 2.13 bits per heavy atom. The Balaban J connectivity index is 3.04. The predicted molar refractivity (Wildman–Crippen MR) is 83.7 cm³/mol. The molecule has 1 aliphatic rings. The zero-order valence-corrected chi connectivity index (χ0v) is 15.2. The number of carbonyl (C=O) groups is 1. The molecule has 1 fully saturated rings. The monoisotopic (exact) mass is 351 g/mol. The third-order valence-electron chi connectivity index (χ3n) is 4.17. The summed E-state index contributed by atoms with van der Waals surface area (Å²) in [7, 11) is -2.92. The maximum Gasteiger partial charge on any atom is 0.274 e. The molecule has 0 aliphatic carbocycles. The zero-order valence-electron chi connectivity index (χ0n) is 14.4. The fourth-order valence-electron chi connectivity index (χ4n) is 3.37. The first kappa shape index (κ1) is 20.3. The molecule has 0 aromatic rings. The van der Waals surface area contributed by atoms with Crippen molar-refractivity contribution in [2.45, 2.75) is 57.7 Å². The van der Waals surface area contributed by atoms with Crippen molar-refractivity contribution < 1.29 is 27.7 Å². The molecule has 0 bridgehead atoms. The molecule has 0 aromatic heterocycles. The maximum atomic E-state index is 12.4. The lowest BCUT2D eigenvalue weighted by atomic mass is 9.78. The Kier molecular flexibility index (Phi) is 6.20. The molecule has 0 saturated carbocycles. The molecule has 1 amide bonds. The predicted octanol–water partition coefficient (Wildman–Crippen LogP) is 0.716. The second-order valence-corrected chi connectivity index (χ2v) is 8.74. The van der Waals surface area contributed by atoms with Gasteiger partial charge in [0.25, 0.3) is 10.1 Å². The summed E-state index contributed by atoms with van der Waals surface area (Å²) in [6.07, 6.45) is 0.835. The van der Waals surface area contributed by atoms with E-state index in [1.165, 1.54) is 12.0 Å². The Labute approximate surface area is 138 Å². The Morgan fingerprint density at radius 2 is 1.74 bits per heavy atom. The molecule has 1 rings (SSSR count). The molecule has 23 heavy (non-hydrogen) atoms. The van der Waals surface area contributed by atoms with Crippen molar-refractivity contribution in [2.75, 3.05) is 26.0 Å². The standard InChI is InChI=1S/C14H27N2O6S/c1-13(2)8-11(9-14(3,4)16(13)18)15(6-7-22-5)12(17)10-23(19,20)21/h11H,6-10H2,1-5H3,(H,19,20,21). The first-order valence-electron chi connectivity index (χ1n) is 7.51. The summed E-state index contributed by atoms with van der Waals surface area (Å²) in [6.45, 7) is 7.66. The topological polar surface area (TPSA) is 107 Å². The summed E-state index contributed by atoms with van der Waals surface area (Å²) in [5.74, 6) is -1.64. The van der Waals surface area contributed by atoms with Gasteiger partial charge in [0.05, 0.1) is 6.61 Å². The molecule has 1 heterocycles. The molecule has 9 heteroatoms. The number of amides is 1. The van der Waals surface area contributed by atoms with Crippen molar-refractivity contribution >= 4 is 16.0 Å². The molecular weight excluding hydrogens is 324 g/mol. The Morgan fingerprint density at radius 1 is 1.26 bits per heavy atom. The largest absolute Gasteiger partial charge is 0.383 e. The van der Waals surface area contributed by atoms with Gasteiger partial charge in [0.2, 0.25) is 5.91 Å². The van der Waals surface area contributed by atoms with Gasteiger partial charge in [0.15, 0.2) is 5.75 Å². The van der Waals surface area contributed by atoms with Crippen LogP contribution in [0.5, 0.6) is 0 Å². The van der Waals surface area contributed by atoms with Gasteiger partial charge in [0.1, 0.15) is 0 Å². The molecule has 0 aromatic carbocycles. The van der Waals surface area contributed by atoms with E-state index in [0.29, 0.717) is 12.8 Å². The van der Waals surface area contributed by atoms with Gasteiger partial charge in [-0.05, 0) is 40.5 Å². The second-order valence-electron chi connectivity index (χ2n) is 7.29. The Hall–Kier alpha value is -0.740. The summed E-state index contributed by atoms with van der Waals surface area (Å²) in [4.78, 5) is 13.7. The lowest BCUT2D eigenvalue weighted by molar-refractivity contribution is -0.294. The fraction of sp³-hybridized carbons (Fsp3) is 0.929. The normalized spacial score (nSPS) is 22.0. The van der Waals surface area contributed by atoms with Crippen LogP contribution in [0.1, 0.15) is 40.5 Å². The van der Waals surface area contributed by atoms with E-state index in [9.17, 15) is 18.4 Å². The second kappa shape index (κ2) is 7.02. The molecule has 0 atom stereocenters. The van der Waals surface area contributed by atoms with Crippen molar-refractivity contribution in [3.05, 3.63) is 0 Å². The average molecular weight is 351 g/mol. The first-order valence-corrected chi connectivity index (χ1v) is 9.12. The molecule has 135 valence electrons. The molecular formula is C14H27N2O6S. The van der Waals surface area contributed by atoms with Crippen LogP contribution >= 0.6 is 0 Å². The Bertz CT molecular complexity index is 513. The van der Waals surface area contributed by atoms with Crippen LogP contribution in [0.3, 0.4) is 0 Å². The van der Waals surface area contributed by atoms with Gasteiger partial charge < -0.3 is 9.64 Å². The van der Waals surface area contributed by atoms with Crippen LogP contribution in [0.4, 0.5) is 0 Å². The number of hydrogen-bond donors (Lipinski definition) is 1. The molecule has 1 saturated heterocycles. The summed E-state index contributed by atoms with van der Waals surface area (Å²) in [5.41, 5.74) is -1.37. The highest BCUT2D eigenvalue weighted by molar-refractivity contribution is 7.86. The third-order valence-corrected chi connectivity index (χ3v) is 4.78. The quantitative estimate of drug-likeness (QED) is 0.707. The van der Waals surface area contributed by atoms with Gasteiger partial charge in [-0.25, -0.2) is 0 Å². The highest BCUT2D eigenvalue weighted by Crippen LogP contribution is 2.39. The van der Waals surface area contributed by atoms with Crippen molar-refractivity contribution in [1.29, 1.82) is 0 Å². The average Bonchev–Trinajstić information content (AvgIpc) is 2.33. The molecule has 0 spiro atoms. The van der Waals surface area contributed by atoms with E-state index in [1.54, 1.807) is 27.7 Å². The van der Waals surface area contributed by atoms with E-state index in [2.05, 4.69) is 0 Å². The highest BCUT2D eigenvalue weighted by Gasteiger charge is 2.48. The SMILES string of the molecule is COCCN(C(=O)CS(=O)(=O)O)C1CC(C)(C)N([O])C(C)(C)C1. The first-order chi connectivity index (χ1) is 10.3. The summed E-state index contributed by atoms with van der Waals surface area (Å²) in [5, 5.41) is 13.4. The zero-order chi connectivity index (χ0) is 18.1. The smallest absolute Gasteiger partial charge is 0.274 e. The van der Waals surface area contributed by atoms with E-state index in [0.717, 1.165) is 5.06 Å². The van der Waals surface area contributed by atoms with Gasteiger partial charge in [-0.3, -0.25) is 9.35 Å². The van der Waals surface area contributed by atoms with Gasteiger partial charge in [-0.2, -0.15) is 8.42 Å². The molecule has 0 unspecified atom stereocenters. The van der Waals surface area contributed by atoms with Crippen LogP contribution in [0.15, 0.2) is 0 Å². The van der Waals surface area contributed by atoms with Crippen LogP contribution in [-0.2, 0) is 24.9 Å². The van der Waals surface area contributed by atoms with E-state index in [-0.39, 0.29) is 19.2 Å². The number of piperidine rings is 1. The molecule has 1 radical (unpaired) electrons. The van der Waals surface area contributed by atoms with Gasteiger partial charge >= 0.3 is 0 Å². The number of carbonyl (C=O) groups excluding carboxylic acids is 1.